The molecule has 1 heterocycles. The molecule has 0 saturated heterocycles. The van der Waals surface area contributed by atoms with Gasteiger partial charge in [0.05, 0.1) is 17.2 Å². The predicted octanol–water partition coefficient (Wildman–Crippen LogP) is 4.02. The maximum absolute atomic E-state index is 13.2. The maximum atomic E-state index is 13.2. The van der Waals surface area contributed by atoms with Crippen LogP contribution in [0.15, 0.2) is 93.9 Å². The van der Waals surface area contributed by atoms with E-state index < -0.39 is 22.0 Å². The minimum Gasteiger partial charge on any atom is -0.480 e. The Balaban J connectivity index is 1.77. The molecule has 2 N–H and O–H groups in total. The first kappa shape index (κ1) is 27.2. The Kier molecular flexibility index (Phi) is 8.03. The summed E-state index contributed by atoms with van der Waals surface area (Å²) in [5.41, 5.74) is 3.58. The Labute approximate surface area is 227 Å². The Bertz CT molecular complexity index is 1460. The van der Waals surface area contributed by atoms with Crippen LogP contribution in [0.1, 0.15) is 24.0 Å². The van der Waals surface area contributed by atoms with Crippen LogP contribution in [0, 0.1) is 0 Å². The fourth-order valence-electron chi connectivity index (χ4n) is 3.95. The molecule has 3 aromatic carbocycles. The second kappa shape index (κ2) is 11.2. The zero-order valence-corrected chi connectivity index (χ0v) is 22.7. The van der Waals surface area contributed by atoms with Crippen LogP contribution in [0.3, 0.4) is 0 Å². The van der Waals surface area contributed by atoms with Crippen molar-refractivity contribution in [3.05, 3.63) is 95.0 Å². The van der Waals surface area contributed by atoms with Gasteiger partial charge >= 0.3 is 5.97 Å². The molecule has 38 heavy (non-hydrogen) atoms. The third-order valence-electron chi connectivity index (χ3n) is 6.06. The molecule has 1 aliphatic rings. The molecule has 0 spiro atoms. The number of benzene rings is 3. The van der Waals surface area contributed by atoms with E-state index in [1.54, 1.807) is 0 Å². The summed E-state index contributed by atoms with van der Waals surface area (Å²) in [4.78, 5) is 17.8. The van der Waals surface area contributed by atoms with Crippen molar-refractivity contribution in [2.24, 2.45) is 10.1 Å². The Hall–Kier alpha value is -3.89. The summed E-state index contributed by atoms with van der Waals surface area (Å²) >= 11 is 5.92. The summed E-state index contributed by atoms with van der Waals surface area (Å²) in [7, 11) is -0.205. The van der Waals surface area contributed by atoms with E-state index in [9.17, 15) is 18.3 Å². The van der Waals surface area contributed by atoms with Gasteiger partial charge in [-0.2, -0.15) is 5.10 Å². The third-order valence-corrected chi connectivity index (χ3v) is 7.66. The lowest BCUT2D eigenvalue weighted by molar-refractivity contribution is -0.138. The van der Waals surface area contributed by atoms with Gasteiger partial charge in [-0.25, -0.2) is 27.9 Å². The zero-order chi connectivity index (χ0) is 27.4. The molecular formula is C27H28ClN5O4S. The fourth-order valence-corrected chi connectivity index (χ4v) is 5.09. The largest absolute Gasteiger partial charge is 0.480 e. The van der Waals surface area contributed by atoms with Crippen molar-refractivity contribution in [1.29, 1.82) is 0 Å². The highest BCUT2D eigenvalue weighted by atomic mass is 35.5. The molecule has 0 aliphatic carbocycles. The molecule has 0 saturated carbocycles. The first-order valence-corrected chi connectivity index (χ1v) is 13.7. The molecule has 0 fully saturated rings. The molecule has 0 bridgehead atoms. The SMILES string of the molecule is CC(N=C(NS(=O)(=O)c1ccc(Cl)cc1)N1CC(c2ccccc2)C(c2ccc(N(C)C)cc2)=N1)C(=O)O. The molecule has 1 aliphatic heterocycles. The van der Waals surface area contributed by atoms with Crippen molar-refractivity contribution in [2.45, 2.75) is 23.8 Å². The van der Waals surface area contributed by atoms with Crippen LogP contribution < -0.4 is 9.62 Å². The van der Waals surface area contributed by atoms with E-state index in [0.717, 1.165) is 16.8 Å². The lowest BCUT2D eigenvalue weighted by Gasteiger charge is -2.20. The van der Waals surface area contributed by atoms with Crippen molar-refractivity contribution >= 4 is 45.0 Å². The summed E-state index contributed by atoms with van der Waals surface area (Å²) in [6.07, 6.45) is 0. The molecule has 4 rings (SSSR count). The highest BCUT2D eigenvalue weighted by molar-refractivity contribution is 7.90. The lowest BCUT2D eigenvalue weighted by atomic mass is 9.90. The van der Waals surface area contributed by atoms with Gasteiger partial charge < -0.3 is 10.0 Å². The first-order chi connectivity index (χ1) is 18.0. The average Bonchev–Trinajstić information content (AvgIpc) is 3.34. The minimum absolute atomic E-state index is 0.0418. The Morgan fingerprint density at radius 2 is 1.71 bits per heavy atom. The Morgan fingerprint density at radius 3 is 2.29 bits per heavy atom. The molecule has 198 valence electrons. The van der Waals surface area contributed by atoms with E-state index in [4.69, 9.17) is 16.7 Å². The van der Waals surface area contributed by atoms with E-state index in [1.165, 1.54) is 36.2 Å². The summed E-state index contributed by atoms with van der Waals surface area (Å²) in [5, 5.41) is 16.1. The van der Waals surface area contributed by atoms with E-state index in [2.05, 4.69) is 9.71 Å². The number of hydrazone groups is 1. The number of carboxylic acid groups (broad SMARTS) is 1. The highest BCUT2D eigenvalue weighted by Gasteiger charge is 2.33. The molecule has 2 atom stereocenters. The smallest absolute Gasteiger partial charge is 0.328 e. The molecule has 2 unspecified atom stereocenters. The fraction of sp³-hybridized carbons (Fsp3) is 0.222. The predicted molar refractivity (Wildman–Crippen MR) is 150 cm³/mol. The van der Waals surface area contributed by atoms with E-state index in [0.29, 0.717) is 10.7 Å². The van der Waals surface area contributed by atoms with Crippen molar-refractivity contribution in [1.82, 2.24) is 9.73 Å². The van der Waals surface area contributed by atoms with E-state index in [1.807, 2.05) is 73.6 Å². The van der Waals surface area contributed by atoms with E-state index >= 15 is 0 Å². The zero-order valence-electron chi connectivity index (χ0n) is 21.1. The topological polar surface area (TPSA) is 115 Å². The number of anilines is 1. The van der Waals surface area contributed by atoms with Crippen molar-refractivity contribution in [3.63, 3.8) is 0 Å². The van der Waals surface area contributed by atoms with Crippen LogP contribution in [0.2, 0.25) is 5.02 Å². The van der Waals surface area contributed by atoms with Gasteiger partial charge in [0.25, 0.3) is 10.0 Å². The molecule has 11 heteroatoms. The van der Waals surface area contributed by atoms with Crippen LogP contribution >= 0.6 is 11.6 Å². The van der Waals surface area contributed by atoms with Crippen molar-refractivity contribution in [3.8, 4) is 0 Å². The quantitative estimate of drug-likeness (QED) is 0.337. The molecule has 0 aromatic heterocycles. The molecule has 0 amide bonds. The minimum atomic E-state index is -4.11. The number of hydrogen-bond acceptors (Lipinski definition) is 6. The van der Waals surface area contributed by atoms with Crippen molar-refractivity contribution < 1.29 is 18.3 Å². The number of aliphatic carboxylic acids is 1. The van der Waals surface area contributed by atoms with Gasteiger partial charge in [0, 0.05) is 30.7 Å². The number of sulfonamides is 1. The van der Waals surface area contributed by atoms with Gasteiger partial charge in [-0.15, -0.1) is 0 Å². The summed E-state index contributed by atoms with van der Waals surface area (Å²) in [6.45, 7) is 1.62. The number of hydrogen-bond donors (Lipinski definition) is 2. The van der Waals surface area contributed by atoms with Crippen LogP contribution in [0.4, 0.5) is 5.69 Å². The second-order valence-corrected chi connectivity index (χ2v) is 11.1. The number of nitrogens with zero attached hydrogens (tertiary/aromatic N) is 4. The lowest BCUT2D eigenvalue weighted by Crippen LogP contribution is -2.42. The number of aliphatic imine (C=N–C) groups is 1. The van der Waals surface area contributed by atoms with Gasteiger partial charge in [-0.3, -0.25) is 0 Å². The number of carbonyl (C=O) groups is 1. The molecule has 3 aromatic rings. The average molecular weight is 554 g/mol. The highest BCUT2D eigenvalue weighted by Crippen LogP contribution is 2.30. The molecular weight excluding hydrogens is 526 g/mol. The maximum Gasteiger partial charge on any atom is 0.328 e. The summed E-state index contributed by atoms with van der Waals surface area (Å²) < 4.78 is 28.9. The van der Waals surface area contributed by atoms with Crippen LogP contribution in [0.5, 0.6) is 0 Å². The van der Waals surface area contributed by atoms with Gasteiger partial charge in [-0.05, 0) is 54.4 Å². The Morgan fingerprint density at radius 1 is 1.08 bits per heavy atom. The summed E-state index contributed by atoms with van der Waals surface area (Å²) in [5.74, 6) is -1.60. The van der Waals surface area contributed by atoms with Gasteiger partial charge in [0.1, 0.15) is 6.04 Å². The van der Waals surface area contributed by atoms with Crippen molar-refractivity contribution in [2.75, 3.05) is 25.5 Å². The van der Waals surface area contributed by atoms with Gasteiger partial charge in [0.15, 0.2) is 0 Å². The number of rotatable bonds is 7. The summed E-state index contributed by atoms with van der Waals surface area (Å²) in [6, 6.07) is 22.0. The molecule has 0 radical (unpaired) electrons. The number of guanidine groups is 1. The van der Waals surface area contributed by atoms with Gasteiger partial charge in [0.2, 0.25) is 5.96 Å². The van der Waals surface area contributed by atoms with Crippen LogP contribution in [-0.4, -0.2) is 62.9 Å². The number of halogens is 1. The normalized spacial score (nSPS) is 16.6. The first-order valence-electron chi connectivity index (χ1n) is 11.8. The van der Waals surface area contributed by atoms with Gasteiger partial charge in [-0.1, -0.05) is 54.1 Å². The third kappa shape index (κ3) is 6.15. The number of carboxylic acids is 1. The van der Waals surface area contributed by atoms with Crippen LogP contribution in [0.25, 0.3) is 0 Å². The monoisotopic (exact) mass is 553 g/mol. The van der Waals surface area contributed by atoms with Crippen LogP contribution in [-0.2, 0) is 14.8 Å². The standard InChI is InChI=1S/C27H28ClN5O4S/c1-18(26(34)35)29-27(31-38(36,37)23-15-11-21(28)12-16-23)33-17-24(19-7-5-4-6-8-19)25(30-33)20-9-13-22(14-10-20)32(2)3/h4-16,18,24H,17H2,1-3H3,(H,29,31)(H,34,35). The van der Waals surface area contributed by atoms with E-state index in [-0.39, 0.29) is 23.3 Å². The molecule has 9 nitrogen and oxygen atoms in total. The second-order valence-electron chi connectivity index (χ2n) is 9.00. The number of nitrogens with one attached hydrogen (secondary N) is 1.